The zero-order chi connectivity index (χ0) is 19.6. The summed E-state index contributed by atoms with van der Waals surface area (Å²) in [5.74, 6) is -0.494. The van der Waals surface area contributed by atoms with Crippen LogP contribution in [0, 0.1) is 6.92 Å². The van der Waals surface area contributed by atoms with Gasteiger partial charge in [0, 0.05) is 5.69 Å². The van der Waals surface area contributed by atoms with E-state index in [0.717, 1.165) is 5.56 Å². The van der Waals surface area contributed by atoms with Gasteiger partial charge in [0.1, 0.15) is 11.5 Å². The molecular formula is C19H19F2NO5. The maximum Gasteiger partial charge on any atom is 0.387 e. The number of benzene rings is 2. The molecule has 0 unspecified atom stereocenters. The first-order chi connectivity index (χ1) is 12.9. The summed E-state index contributed by atoms with van der Waals surface area (Å²) in [6.45, 7) is -1.31. The molecule has 144 valence electrons. The molecule has 6 nitrogen and oxygen atoms in total. The van der Waals surface area contributed by atoms with Gasteiger partial charge in [0.2, 0.25) is 0 Å². The van der Waals surface area contributed by atoms with Crippen LogP contribution < -0.4 is 14.8 Å². The van der Waals surface area contributed by atoms with Crippen molar-refractivity contribution < 1.29 is 32.6 Å². The molecule has 1 amide bonds. The van der Waals surface area contributed by atoms with Crippen molar-refractivity contribution in [3.05, 3.63) is 54.1 Å². The molecule has 0 aliphatic carbocycles. The summed E-state index contributed by atoms with van der Waals surface area (Å²) in [6, 6.07) is 12.8. The lowest BCUT2D eigenvalue weighted by Crippen LogP contribution is -2.21. The normalized spacial score (nSPS) is 10.4. The minimum absolute atomic E-state index is 0.000879. The molecule has 0 saturated carbocycles. The van der Waals surface area contributed by atoms with E-state index in [4.69, 9.17) is 9.47 Å². The predicted molar refractivity (Wildman–Crippen MR) is 94.0 cm³/mol. The van der Waals surface area contributed by atoms with Gasteiger partial charge >= 0.3 is 12.6 Å². The highest BCUT2D eigenvalue weighted by atomic mass is 19.3. The predicted octanol–water partition coefficient (Wildman–Crippen LogP) is 3.55. The monoisotopic (exact) mass is 379 g/mol. The summed E-state index contributed by atoms with van der Waals surface area (Å²) < 4.78 is 38.6. The zero-order valence-electron chi connectivity index (χ0n) is 14.6. The molecule has 0 radical (unpaired) electrons. The second-order valence-corrected chi connectivity index (χ2v) is 5.53. The van der Waals surface area contributed by atoms with Gasteiger partial charge in [0.05, 0.1) is 13.0 Å². The molecule has 1 N–H and O–H groups in total. The van der Waals surface area contributed by atoms with E-state index in [9.17, 15) is 18.4 Å². The van der Waals surface area contributed by atoms with Crippen LogP contribution in [0.2, 0.25) is 0 Å². The Bertz CT molecular complexity index is 765. The van der Waals surface area contributed by atoms with E-state index >= 15 is 0 Å². The van der Waals surface area contributed by atoms with Crippen molar-refractivity contribution >= 4 is 17.6 Å². The molecule has 0 heterocycles. The summed E-state index contributed by atoms with van der Waals surface area (Å²) in [5, 5.41) is 2.48. The Kier molecular flexibility index (Phi) is 7.54. The summed E-state index contributed by atoms with van der Waals surface area (Å²) in [6.07, 6.45) is 0.000879. The third kappa shape index (κ3) is 7.72. The first-order valence-electron chi connectivity index (χ1n) is 8.12. The Morgan fingerprint density at radius 2 is 1.81 bits per heavy atom. The van der Waals surface area contributed by atoms with Gasteiger partial charge in [-0.2, -0.15) is 8.78 Å². The molecule has 2 rings (SSSR count). The number of ether oxygens (including phenoxy) is 3. The van der Waals surface area contributed by atoms with Crippen LogP contribution in [0.25, 0.3) is 0 Å². The summed E-state index contributed by atoms with van der Waals surface area (Å²) >= 11 is 0. The lowest BCUT2D eigenvalue weighted by molar-refractivity contribution is -0.147. The van der Waals surface area contributed by atoms with E-state index in [1.54, 1.807) is 6.07 Å². The van der Waals surface area contributed by atoms with Crippen molar-refractivity contribution in [1.29, 1.82) is 0 Å². The molecular weight excluding hydrogens is 360 g/mol. The van der Waals surface area contributed by atoms with Crippen LogP contribution in [-0.4, -0.2) is 31.7 Å². The number of nitrogens with one attached hydrogen (secondary N) is 1. The Morgan fingerprint density at radius 1 is 1.07 bits per heavy atom. The third-order valence-corrected chi connectivity index (χ3v) is 3.29. The molecule has 0 aliphatic heterocycles. The van der Waals surface area contributed by atoms with E-state index in [1.165, 1.54) is 24.3 Å². The number of hydrogen-bond acceptors (Lipinski definition) is 5. The number of rotatable bonds is 9. The van der Waals surface area contributed by atoms with Crippen LogP contribution in [-0.2, 0) is 14.3 Å². The quantitative estimate of drug-likeness (QED) is 0.675. The molecule has 27 heavy (non-hydrogen) atoms. The fourth-order valence-electron chi connectivity index (χ4n) is 2.09. The minimum atomic E-state index is -2.92. The van der Waals surface area contributed by atoms with Crippen LogP contribution in [0.15, 0.2) is 48.5 Å². The van der Waals surface area contributed by atoms with Crippen LogP contribution in [0.3, 0.4) is 0 Å². The fourth-order valence-corrected chi connectivity index (χ4v) is 2.09. The van der Waals surface area contributed by atoms with E-state index in [2.05, 4.69) is 10.1 Å². The second kappa shape index (κ2) is 10.1. The van der Waals surface area contributed by atoms with Gasteiger partial charge in [-0.15, -0.1) is 0 Å². The number of carbonyl (C=O) groups excluding carboxylic acids is 2. The highest BCUT2D eigenvalue weighted by molar-refractivity contribution is 5.92. The van der Waals surface area contributed by atoms with Gasteiger partial charge in [-0.05, 0) is 48.9 Å². The molecule has 0 bridgehead atoms. The second-order valence-electron chi connectivity index (χ2n) is 5.53. The summed E-state index contributed by atoms with van der Waals surface area (Å²) in [4.78, 5) is 23.4. The number of anilines is 1. The Hall–Kier alpha value is -3.16. The third-order valence-electron chi connectivity index (χ3n) is 3.29. The molecule has 0 aliphatic rings. The Labute approximate surface area is 155 Å². The lowest BCUT2D eigenvalue weighted by Gasteiger charge is -2.09. The van der Waals surface area contributed by atoms with Crippen molar-refractivity contribution in [2.45, 2.75) is 20.0 Å². The van der Waals surface area contributed by atoms with Crippen molar-refractivity contribution in [2.24, 2.45) is 0 Å². The maximum absolute atomic E-state index is 12.1. The molecule has 0 spiro atoms. The number of hydrogen-bond donors (Lipinski definition) is 1. The summed E-state index contributed by atoms with van der Waals surface area (Å²) in [7, 11) is 0. The van der Waals surface area contributed by atoms with Crippen molar-refractivity contribution in [3.8, 4) is 11.5 Å². The number of amides is 1. The molecule has 0 atom stereocenters. The van der Waals surface area contributed by atoms with Crippen LogP contribution in [0.1, 0.15) is 12.0 Å². The van der Waals surface area contributed by atoms with Gasteiger partial charge in [-0.3, -0.25) is 9.59 Å². The fraction of sp³-hybridized carbons (Fsp3) is 0.263. The first kappa shape index (κ1) is 20.2. The van der Waals surface area contributed by atoms with Gasteiger partial charge in [0.25, 0.3) is 5.91 Å². The highest BCUT2D eigenvalue weighted by Crippen LogP contribution is 2.17. The van der Waals surface area contributed by atoms with E-state index in [0.29, 0.717) is 11.4 Å². The molecule has 0 saturated heterocycles. The largest absolute Gasteiger partial charge is 0.493 e. The van der Waals surface area contributed by atoms with Crippen LogP contribution in [0.4, 0.5) is 14.5 Å². The lowest BCUT2D eigenvalue weighted by atomic mass is 10.2. The topological polar surface area (TPSA) is 73.9 Å². The van der Waals surface area contributed by atoms with Gasteiger partial charge in [0.15, 0.2) is 6.61 Å². The minimum Gasteiger partial charge on any atom is -0.493 e. The molecule has 0 aromatic heterocycles. The standard InChI is InChI=1S/C19H19F2NO5/c1-13-3-2-4-16(11-13)25-10-9-18(24)26-12-17(23)22-14-5-7-15(8-6-14)27-19(20)21/h2-8,11,19H,9-10,12H2,1H3,(H,22,23). The molecule has 8 heteroatoms. The van der Waals surface area contributed by atoms with Gasteiger partial charge < -0.3 is 19.5 Å². The van der Waals surface area contributed by atoms with E-state index < -0.39 is 25.1 Å². The van der Waals surface area contributed by atoms with Crippen LogP contribution >= 0.6 is 0 Å². The Balaban J connectivity index is 1.66. The molecule has 2 aromatic rings. The van der Waals surface area contributed by atoms with Gasteiger partial charge in [-0.25, -0.2) is 0 Å². The van der Waals surface area contributed by atoms with Gasteiger partial charge in [-0.1, -0.05) is 12.1 Å². The average Bonchev–Trinajstić information content (AvgIpc) is 2.61. The number of carbonyl (C=O) groups is 2. The molecule has 0 fully saturated rings. The highest BCUT2D eigenvalue weighted by Gasteiger charge is 2.09. The number of halogens is 2. The van der Waals surface area contributed by atoms with E-state index in [-0.39, 0.29) is 18.8 Å². The smallest absolute Gasteiger partial charge is 0.387 e. The van der Waals surface area contributed by atoms with Crippen molar-refractivity contribution in [3.63, 3.8) is 0 Å². The SMILES string of the molecule is Cc1cccc(OCCC(=O)OCC(=O)Nc2ccc(OC(F)F)cc2)c1. The number of alkyl halides is 2. The van der Waals surface area contributed by atoms with E-state index in [1.807, 2.05) is 25.1 Å². The van der Waals surface area contributed by atoms with Crippen LogP contribution in [0.5, 0.6) is 11.5 Å². The summed E-state index contributed by atoms with van der Waals surface area (Å²) in [5.41, 5.74) is 1.40. The zero-order valence-corrected chi connectivity index (χ0v) is 14.6. The number of esters is 1. The average molecular weight is 379 g/mol. The van der Waals surface area contributed by atoms with Crippen molar-refractivity contribution in [1.82, 2.24) is 0 Å². The van der Waals surface area contributed by atoms with Crippen molar-refractivity contribution in [2.75, 3.05) is 18.5 Å². The first-order valence-corrected chi connectivity index (χ1v) is 8.12. The molecule has 2 aromatic carbocycles. The number of aryl methyl sites for hydroxylation is 1. The maximum atomic E-state index is 12.1. The Morgan fingerprint density at radius 3 is 2.48 bits per heavy atom.